The van der Waals surface area contributed by atoms with Crippen LogP contribution in [-0.4, -0.2) is 30.1 Å². The molecule has 1 rings (SSSR count). The number of carbonyl (C=O) groups excluding carboxylic acids is 2. The molecule has 0 spiro atoms. The molecule has 0 aliphatic rings. The van der Waals surface area contributed by atoms with Crippen LogP contribution in [0.25, 0.3) is 0 Å². The van der Waals surface area contributed by atoms with E-state index in [1.54, 1.807) is 24.3 Å². The molecule has 6 heteroatoms. The average Bonchev–Trinajstić information content (AvgIpc) is 2.46. The molecule has 0 aromatic heterocycles. The molecule has 0 saturated heterocycles. The molecule has 1 aromatic carbocycles. The normalized spacial score (nSPS) is 10.1. The van der Waals surface area contributed by atoms with Crippen molar-refractivity contribution in [1.29, 1.82) is 0 Å². The Morgan fingerprint density at radius 3 is 2.30 bits per heavy atom. The highest BCUT2D eigenvalue weighted by Crippen LogP contribution is 2.08. The second-order valence-corrected chi connectivity index (χ2v) is 4.79. The summed E-state index contributed by atoms with van der Waals surface area (Å²) in [4.78, 5) is 23.0. The Morgan fingerprint density at radius 1 is 1.00 bits per heavy atom. The average molecular weight is 299 g/mol. The third-order valence-electron chi connectivity index (χ3n) is 2.69. The molecule has 5 nitrogen and oxygen atoms in total. The number of rotatable bonds is 7. The number of nitrogens with one attached hydrogen (secondary N) is 2. The summed E-state index contributed by atoms with van der Waals surface area (Å²) in [6, 6.07) is 7.03. The van der Waals surface area contributed by atoms with Crippen LogP contribution < -0.4 is 10.6 Å². The number of benzene rings is 1. The molecule has 0 radical (unpaired) electrons. The van der Waals surface area contributed by atoms with Gasteiger partial charge >= 0.3 is 11.8 Å². The number of aliphatic hydroxyl groups is 1. The molecule has 0 saturated carbocycles. The standard InChI is InChI=1S/C14H19ClN2O3/c15-12-6-4-11(5-7-12)10-17-14(20)13(19)16-8-2-1-3-9-18/h4-7,18H,1-3,8-10H2,(H,16,19)(H,17,20). The lowest BCUT2D eigenvalue weighted by atomic mass is 10.2. The highest BCUT2D eigenvalue weighted by Gasteiger charge is 2.11. The summed E-state index contributed by atoms with van der Waals surface area (Å²) in [5.41, 5.74) is 0.874. The van der Waals surface area contributed by atoms with Crippen molar-refractivity contribution < 1.29 is 14.7 Å². The van der Waals surface area contributed by atoms with Crippen molar-refractivity contribution >= 4 is 23.4 Å². The van der Waals surface area contributed by atoms with E-state index >= 15 is 0 Å². The van der Waals surface area contributed by atoms with E-state index in [9.17, 15) is 9.59 Å². The first-order valence-corrected chi connectivity index (χ1v) is 6.92. The van der Waals surface area contributed by atoms with Crippen molar-refractivity contribution in [1.82, 2.24) is 10.6 Å². The van der Waals surface area contributed by atoms with Crippen LogP contribution in [0.4, 0.5) is 0 Å². The molecule has 20 heavy (non-hydrogen) atoms. The van der Waals surface area contributed by atoms with Crippen molar-refractivity contribution in [3.8, 4) is 0 Å². The molecule has 0 heterocycles. The van der Waals surface area contributed by atoms with E-state index in [4.69, 9.17) is 16.7 Å². The largest absolute Gasteiger partial charge is 0.396 e. The minimum Gasteiger partial charge on any atom is -0.396 e. The topological polar surface area (TPSA) is 78.4 Å². The van der Waals surface area contributed by atoms with Crippen LogP contribution in [0.15, 0.2) is 24.3 Å². The summed E-state index contributed by atoms with van der Waals surface area (Å²) in [7, 11) is 0. The van der Waals surface area contributed by atoms with E-state index in [1.165, 1.54) is 0 Å². The van der Waals surface area contributed by atoms with Crippen LogP contribution in [0.2, 0.25) is 5.02 Å². The lowest BCUT2D eigenvalue weighted by Gasteiger charge is -2.06. The van der Waals surface area contributed by atoms with E-state index in [0.717, 1.165) is 18.4 Å². The number of hydrogen-bond acceptors (Lipinski definition) is 3. The van der Waals surface area contributed by atoms with Gasteiger partial charge in [0.15, 0.2) is 0 Å². The lowest BCUT2D eigenvalue weighted by molar-refractivity contribution is -0.139. The van der Waals surface area contributed by atoms with Crippen molar-refractivity contribution in [3.05, 3.63) is 34.9 Å². The van der Waals surface area contributed by atoms with Crippen molar-refractivity contribution in [2.75, 3.05) is 13.2 Å². The van der Waals surface area contributed by atoms with Gasteiger partial charge in [0.2, 0.25) is 0 Å². The molecule has 0 atom stereocenters. The van der Waals surface area contributed by atoms with E-state index in [1.807, 2.05) is 0 Å². The predicted octanol–water partition coefficient (Wildman–Crippen LogP) is 1.24. The van der Waals surface area contributed by atoms with Gasteiger partial charge in [0.25, 0.3) is 0 Å². The van der Waals surface area contributed by atoms with E-state index in [2.05, 4.69) is 10.6 Å². The summed E-state index contributed by atoms with van der Waals surface area (Å²) in [6.45, 7) is 0.872. The summed E-state index contributed by atoms with van der Waals surface area (Å²) < 4.78 is 0. The molecule has 110 valence electrons. The summed E-state index contributed by atoms with van der Waals surface area (Å²) >= 11 is 5.75. The minimum absolute atomic E-state index is 0.148. The molecular weight excluding hydrogens is 280 g/mol. The molecule has 0 aliphatic heterocycles. The second kappa shape index (κ2) is 9.34. The van der Waals surface area contributed by atoms with Gasteiger partial charge < -0.3 is 15.7 Å². The number of carbonyl (C=O) groups is 2. The summed E-state index contributed by atoms with van der Waals surface area (Å²) in [5.74, 6) is -1.29. The maximum atomic E-state index is 11.5. The van der Waals surface area contributed by atoms with Gasteiger partial charge in [-0.2, -0.15) is 0 Å². The SMILES string of the molecule is O=C(NCCCCCO)C(=O)NCc1ccc(Cl)cc1. The first kappa shape index (κ1) is 16.5. The maximum absolute atomic E-state index is 11.5. The zero-order valence-corrected chi connectivity index (χ0v) is 11.9. The van der Waals surface area contributed by atoms with Crippen LogP contribution in [0.3, 0.4) is 0 Å². The quantitative estimate of drug-likeness (QED) is 0.523. The molecule has 1 aromatic rings. The molecule has 2 amide bonds. The molecule has 0 unspecified atom stereocenters. The molecule has 0 fully saturated rings. The molecular formula is C14H19ClN2O3. The van der Waals surface area contributed by atoms with Crippen LogP contribution in [0, 0.1) is 0 Å². The van der Waals surface area contributed by atoms with Gasteiger partial charge in [-0.1, -0.05) is 23.7 Å². The van der Waals surface area contributed by atoms with Crippen LogP contribution >= 0.6 is 11.6 Å². The fourth-order valence-electron chi connectivity index (χ4n) is 1.56. The lowest BCUT2D eigenvalue weighted by Crippen LogP contribution is -2.39. The minimum atomic E-state index is -0.651. The van der Waals surface area contributed by atoms with Crippen LogP contribution in [0.1, 0.15) is 24.8 Å². The fraction of sp³-hybridized carbons (Fsp3) is 0.429. The third kappa shape index (κ3) is 6.54. The number of aliphatic hydroxyl groups excluding tert-OH is 1. The maximum Gasteiger partial charge on any atom is 0.309 e. The number of amides is 2. The van der Waals surface area contributed by atoms with E-state index < -0.39 is 11.8 Å². The first-order chi connectivity index (χ1) is 9.63. The van der Waals surface area contributed by atoms with Gasteiger partial charge in [0, 0.05) is 24.7 Å². The summed E-state index contributed by atoms with van der Waals surface area (Å²) in [5, 5.41) is 14.3. The van der Waals surface area contributed by atoms with Gasteiger partial charge in [-0.25, -0.2) is 0 Å². The zero-order chi connectivity index (χ0) is 14.8. The number of hydrogen-bond donors (Lipinski definition) is 3. The van der Waals surface area contributed by atoms with Gasteiger partial charge in [0.05, 0.1) is 0 Å². The van der Waals surface area contributed by atoms with Crippen molar-refractivity contribution in [2.45, 2.75) is 25.8 Å². The molecule has 3 N–H and O–H groups in total. The Balaban J connectivity index is 2.21. The van der Waals surface area contributed by atoms with Gasteiger partial charge in [-0.05, 0) is 37.0 Å². The number of unbranched alkanes of at least 4 members (excludes halogenated alkanes) is 2. The van der Waals surface area contributed by atoms with E-state index in [-0.39, 0.29) is 13.2 Å². The van der Waals surface area contributed by atoms with Crippen molar-refractivity contribution in [2.24, 2.45) is 0 Å². The Kier molecular flexibility index (Phi) is 7.69. The zero-order valence-electron chi connectivity index (χ0n) is 11.2. The van der Waals surface area contributed by atoms with Gasteiger partial charge in [0.1, 0.15) is 0 Å². The van der Waals surface area contributed by atoms with Crippen molar-refractivity contribution in [3.63, 3.8) is 0 Å². The Morgan fingerprint density at radius 2 is 1.65 bits per heavy atom. The van der Waals surface area contributed by atoms with Gasteiger partial charge in [-0.3, -0.25) is 9.59 Å². The monoisotopic (exact) mass is 298 g/mol. The Bertz CT molecular complexity index is 435. The van der Waals surface area contributed by atoms with Crippen LogP contribution in [-0.2, 0) is 16.1 Å². The molecule has 0 aliphatic carbocycles. The highest BCUT2D eigenvalue weighted by atomic mass is 35.5. The second-order valence-electron chi connectivity index (χ2n) is 4.35. The first-order valence-electron chi connectivity index (χ1n) is 6.55. The molecule has 0 bridgehead atoms. The third-order valence-corrected chi connectivity index (χ3v) is 2.94. The summed E-state index contributed by atoms with van der Waals surface area (Å²) in [6.07, 6.45) is 2.28. The van der Waals surface area contributed by atoms with E-state index in [0.29, 0.717) is 18.0 Å². The Hall–Kier alpha value is -1.59. The predicted molar refractivity (Wildman–Crippen MR) is 77.2 cm³/mol. The van der Waals surface area contributed by atoms with Gasteiger partial charge in [-0.15, -0.1) is 0 Å². The Labute approximate surface area is 123 Å². The number of halogens is 1. The van der Waals surface area contributed by atoms with Crippen LogP contribution in [0.5, 0.6) is 0 Å². The fourth-order valence-corrected chi connectivity index (χ4v) is 1.69. The smallest absolute Gasteiger partial charge is 0.309 e. The highest BCUT2D eigenvalue weighted by molar-refractivity contribution is 6.35.